The molecule has 0 amide bonds. The number of benzene rings is 1. The highest BCUT2D eigenvalue weighted by molar-refractivity contribution is 6.02. The topological polar surface area (TPSA) is 63.4 Å². The van der Waals surface area contributed by atoms with Gasteiger partial charge >= 0.3 is 0 Å². The summed E-state index contributed by atoms with van der Waals surface area (Å²) in [5.74, 6) is 0.245. The number of carbonyl (C=O) groups excluding carboxylic acids is 1. The zero-order valence-corrected chi connectivity index (χ0v) is 10.4. The number of nitro benzene ring substituents is 1. The van der Waals surface area contributed by atoms with E-state index in [1.54, 1.807) is 24.3 Å². The fourth-order valence-electron chi connectivity index (χ4n) is 2.83. The van der Waals surface area contributed by atoms with Crippen LogP contribution in [0.25, 0.3) is 6.08 Å². The van der Waals surface area contributed by atoms with Gasteiger partial charge in [-0.2, -0.15) is 0 Å². The van der Waals surface area contributed by atoms with E-state index in [0.29, 0.717) is 11.3 Å². The number of para-hydroxylation sites is 1. The Labute approximate surface area is 110 Å². The maximum Gasteiger partial charge on any atom is 0.276 e. The van der Waals surface area contributed by atoms with Crippen LogP contribution in [0.1, 0.15) is 18.4 Å². The van der Waals surface area contributed by atoms with Crippen LogP contribution in [0.3, 0.4) is 0 Å². The quantitative estimate of drug-likeness (QED) is 0.463. The van der Waals surface area contributed by atoms with Crippen molar-refractivity contribution in [2.75, 3.05) is 13.1 Å². The minimum atomic E-state index is -0.409. The molecule has 3 aliphatic rings. The van der Waals surface area contributed by atoms with Gasteiger partial charge in [0.25, 0.3) is 5.69 Å². The lowest BCUT2D eigenvalue weighted by Gasteiger charge is -2.41. The van der Waals surface area contributed by atoms with E-state index in [-0.39, 0.29) is 17.4 Å². The summed E-state index contributed by atoms with van der Waals surface area (Å²) in [4.78, 5) is 24.8. The van der Waals surface area contributed by atoms with Crippen LogP contribution in [-0.2, 0) is 4.79 Å². The first-order valence-corrected chi connectivity index (χ1v) is 6.41. The molecule has 2 bridgehead atoms. The zero-order valence-electron chi connectivity index (χ0n) is 10.4. The van der Waals surface area contributed by atoms with Gasteiger partial charge in [0, 0.05) is 25.1 Å². The molecule has 1 aromatic carbocycles. The van der Waals surface area contributed by atoms with Crippen LogP contribution in [0.2, 0.25) is 0 Å². The summed E-state index contributed by atoms with van der Waals surface area (Å²) in [5, 5.41) is 11.0. The molecule has 3 fully saturated rings. The second kappa shape index (κ2) is 4.50. The molecule has 98 valence electrons. The summed E-state index contributed by atoms with van der Waals surface area (Å²) in [6, 6.07) is 6.53. The number of rotatable bonds is 2. The summed E-state index contributed by atoms with van der Waals surface area (Å²) >= 11 is 0. The molecular weight excluding hydrogens is 244 g/mol. The molecule has 1 aromatic rings. The SMILES string of the molecule is O=C1/C(=C/c2ccccc2[N+](=O)[O-])N2CCC1CC2. The molecule has 0 spiro atoms. The van der Waals surface area contributed by atoms with E-state index in [9.17, 15) is 14.9 Å². The number of nitro groups is 1. The van der Waals surface area contributed by atoms with Gasteiger partial charge in [0.1, 0.15) is 0 Å². The van der Waals surface area contributed by atoms with Crippen molar-refractivity contribution in [1.29, 1.82) is 0 Å². The second-order valence-electron chi connectivity index (χ2n) is 4.97. The minimum Gasteiger partial charge on any atom is -0.369 e. The van der Waals surface area contributed by atoms with E-state index in [0.717, 1.165) is 25.9 Å². The van der Waals surface area contributed by atoms with Crippen molar-refractivity contribution in [2.24, 2.45) is 5.92 Å². The third-order valence-corrected chi connectivity index (χ3v) is 3.88. The molecule has 3 aliphatic heterocycles. The number of allylic oxidation sites excluding steroid dienone is 1. The predicted molar refractivity (Wildman–Crippen MR) is 70.4 cm³/mol. The Hall–Kier alpha value is -2.17. The number of hydrogen-bond donors (Lipinski definition) is 0. The zero-order chi connectivity index (χ0) is 13.4. The Bertz CT molecular complexity index is 572. The Kier molecular flexibility index (Phi) is 2.81. The van der Waals surface area contributed by atoms with Gasteiger partial charge in [-0.05, 0) is 25.0 Å². The average molecular weight is 258 g/mol. The smallest absolute Gasteiger partial charge is 0.276 e. The van der Waals surface area contributed by atoms with E-state index < -0.39 is 4.92 Å². The molecule has 0 unspecified atom stereocenters. The molecule has 4 rings (SSSR count). The average Bonchev–Trinajstić information content (AvgIpc) is 2.43. The van der Waals surface area contributed by atoms with Crippen molar-refractivity contribution >= 4 is 17.5 Å². The monoisotopic (exact) mass is 258 g/mol. The Morgan fingerprint density at radius 3 is 2.58 bits per heavy atom. The maximum absolute atomic E-state index is 12.2. The third kappa shape index (κ3) is 2.01. The lowest BCUT2D eigenvalue weighted by atomic mass is 9.84. The van der Waals surface area contributed by atoms with E-state index in [2.05, 4.69) is 0 Å². The maximum atomic E-state index is 12.2. The number of fused-ring (bicyclic) bond motifs is 3. The second-order valence-corrected chi connectivity index (χ2v) is 4.97. The fraction of sp³-hybridized carbons (Fsp3) is 0.357. The van der Waals surface area contributed by atoms with Crippen molar-refractivity contribution in [3.8, 4) is 0 Å². The largest absolute Gasteiger partial charge is 0.369 e. The molecule has 0 aromatic heterocycles. The highest BCUT2D eigenvalue weighted by Crippen LogP contribution is 2.33. The Morgan fingerprint density at radius 1 is 1.26 bits per heavy atom. The van der Waals surface area contributed by atoms with Crippen LogP contribution in [-0.4, -0.2) is 28.7 Å². The lowest BCUT2D eigenvalue weighted by Crippen LogP contribution is -2.45. The molecule has 3 heterocycles. The number of nitrogens with zero attached hydrogens (tertiary/aromatic N) is 2. The van der Waals surface area contributed by atoms with E-state index >= 15 is 0 Å². The van der Waals surface area contributed by atoms with Crippen LogP contribution in [0.4, 0.5) is 5.69 Å². The molecule has 0 atom stereocenters. The van der Waals surface area contributed by atoms with Crippen LogP contribution < -0.4 is 0 Å². The van der Waals surface area contributed by atoms with Gasteiger partial charge in [0.05, 0.1) is 16.2 Å². The summed E-state index contributed by atoms with van der Waals surface area (Å²) < 4.78 is 0. The van der Waals surface area contributed by atoms with Crippen molar-refractivity contribution < 1.29 is 9.72 Å². The fourth-order valence-corrected chi connectivity index (χ4v) is 2.83. The normalized spacial score (nSPS) is 21.2. The molecule has 5 heteroatoms. The molecule has 0 aliphatic carbocycles. The van der Waals surface area contributed by atoms with Gasteiger partial charge in [-0.15, -0.1) is 0 Å². The summed E-state index contributed by atoms with van der Waals surface area (Å²) in [7, 11) is 0. The summed E-state index contributed by atoms with van der Waals surface area (Å²) in [5.41, 5.74) is 1.19. The number of Topliss-reactive ketones (excluding diaryl/α,β-unsaturated/α-hetero) is 1. The minimum absolute atomic E-state index is 0.0467. The van der Waals surface area contributed by atoms with Crippen molar-refractivity contribution in [2.45, 2.75) is 12.8 Å². The standard InChI is InChI=1S/C14H14N2O3/c17-14-10-5-7-15(8-6-10)13(14)9-11-3-1-2-4-12(11)16(18)19/h1-4,9-10H,5-8H2/b13-9-. The van der Waals surface area contributed by atoms with Crippen molar-refractivity contribution in [3.05, 3.63) is 45.6 Å². The molecule has 3 saturated heterocycles. The summed E-state index contributed by atoms with van der Waals surface area (Å²) in [6.45, 7) is 1.76. The summed E-state index contributed by atoms with van der Waals surface area (Å²) in [6.07, 6.45) is 3.49. The first-order valence-electron chi connectivity index (χ1n) is 6.41. The van der Waals surface area contributed by atoms with E-state index in [1.165, 1.54) is 6.07 Å². The van der Waals surface area contributed by atoms with Crippen LogP contribution >= 0.6 is 0 Å². The third-order valence-electron chi connectivity index (χ3n) is 3.88. The van der Waals surface area contributed by atoms with E-state index in [4.69, 9.17) is 0 Å². The van der Waals surface area contributed by atoms with Crippen molar-refractivity contribution in [1.82, 2.24) is 4.90 Å². The first-order chi connectivity index (χ1) is 9.16. The number of carbonyl (C=O) groups is 1. The van der Waals surface area contributed by atoms with Crippen LogP contribution in [0, 0.1) is 16.0 Å². The molecular formula is C14H14N2O3. The number of piperidine rings is 3. The highest BCUT2D eigenvalue weighted by Gasteiger charge is 2.36. The number of ketones is 1. The first kappa shape index (κ1) is 11.9. The molecule has 0 saturated carbocycles. The Morgan fingerprint density at radius 2 is 1.95 bits per heavy atom. The van der Waals surface area contributed by atoms with E-state index in [1.807, 2.05) is 4.90 Å². The molecule has 0 N–H and O–H groups in total. The van der Waals surface area contributed by atoms with Gasteiger partial charge in [-0.25, -0.2) is 0 Å². The highest BCUT2D eigenvalue weighted by atomic mass is 16.6. The van der Waals surface area contributed by atoms with Crippen molar-refractivity contribution in [3.63, 3.8) is 0 Å². The van der Waals surface area contributed by atoms with Crippen LogP contribution in [0.5, 0.6) is 0 Å². The van der Waals surface area contributed by atoms with Gasteiger partial charge in [0.15, 0.2) is 5.78 Å². The number of hydrogen-bond acceptors (Lipinski definition) is 4. The van der Waals surface area contributed by atoms with Gasteiger partial charge in [0.2, 0.25) is 0 Å². The lowest BCUT2D eigenvalue weighted by molar-refractivity contribution is -0.385. The molecule has 5 nitrogen and oxygen atoms in total. The predicted octanol–water partition coefficient (Wildman–Crippen LogP) is 2.23. The molecule has 19 heavy (non-hydrogen) atoms. The van der Waals surface area contributed by atoms with Gasteiger partial charge in [-0.1, -0.05) is 12.1 Å². The molecule has 0 radical (unpaired) electrons. The Balaban J connectivity index is 2.02. The van der Waals surface area contributed by atoms with Crippen LogP contribution in [0.15, 0.2) is 30.0 Å². The van der Waals surface area contributed by atoms with Gasteiger partial charge in [-0.3, -0.25) is 14.9 Å². The van der Waals surface area contributed by atoms with Gasteiger partial charge < -0.3 is 4.90 Å².